The number of fused-ring (bicyclic) bond motifs is 1. The van der Waals surface area contributed by atoms with Gasteiger partial charge in [0.25, 0.3) is 0 Å². The molecule has 2 N–H and O–H groups in total. The van der Waals surface area contributed by atoms with Crippen molar-refractivity contribution in [3.63, 3.8) is 0 Å². The molecule has 1 aromatic heterocycles. The molecule has 0 fully saturated rings. The van der Waals surface area contributed by atoms with Crippen LogP contribution in [0.3, 0.4) is 0 Å². The Bertz CT molecular complexity index is 1590. The van der Waals surface area contributed by atoms with E-state index in [2.05, 4.69) is 16.9 Å². The summed E-state index contributed by atoms with van der Waals surface area (Å²) in [6.07, 6.45) is -10.1. The van der Waals surface area contributed by atoms with Crippen LogP contribution in [0.2, 0.25) is 0 Å². The van der Waals surface area contributed by atoms with Gasteiger partial charge in [-0.3, -0.25) is 4.79 Å². The molecule has 0 amide bonds. The quantitative estimate of drug-likeness (QED) is 0.196. The highest BCUT2D eigenvalue weighted by Crippen LogP contribution is 2.38. The van der Waals surface area contributed by atoms with E-state index >= 15 is 0 Å². The summed E-state index contributed by atoms with van der Waals surface area (Å²) in [5, 5.41) is 11.8. The van der Waals surface area contributed by atoms with Crippen molar-refractivity contribution in [3.05, 3.63) is 83.4 Å². The molecule has 13 heteroatoms. The van der Waals surface area contributed by atoms with Gasteiger partial charge in [0.15, 0.2) is 0 Å². The SMILES string of the molecule is C=C(NCCC(=O)O)c1ccc2c(c1)nc(-c1cc(OC)cc(OC)c1)n2Cc1cc(C(F)(F)F)cc(C(F)(F)F)c1. The highest BCUT2D eigenvalue weighted by Gasteiger charge is 2.37. The maximum absolute atomic E-state index is 13.6. The number of imidazole rings is 1. The van der Waals surface area contributed by atoms with Gasteiger partial charge in [-0.25, -0.2) is 4.98 Å². The summed E-state index contributed by atoms with van der Waals surface area (Å²) in [6, 6.07) is 11.2. The number of aromatic nitrogens is 2. The third-order valence-electron chi connectivity index (χ3n) is 6.37. The second-order valence-electron chi connectivity index (χ2n) is 9.29. The molecule has 0 bridgehead atoms. The van der Waals surface area contributed by atoms with E-state index in [1.54, 1.807) is 36.4 Å². The molecule has 4 aromatic rings. The number of alkyl halides is 6. The van der Waals surface area contributed by atoms with Crippen LogP contribution in [0.25, 0.3) is 28.1 Å². The van der Waals surface area contributed by atoms with Gasteiger partial charge in [0.2, 0.25) is 0 Å². The smallest absolute Gasteiger partial charge is 0.416 e. The summed E-state index contributed by atoms with van der Waals surface area (Å²) in [6.45, 7) is 3.65. The number of halogens is 6. The number of hydrogen-bond acceptors (Lipinski definition) is 5. The first-order chi connectivity index (χ1) is 19.7. The second kappa shape index (κ2) is 11.7. The average molecular weight is 594 g/mol. The average Bonchev–Trinajstić information content (AvgIpc) is 3.28. The molecule has 4 rings (SSSR count). The molecule has 0 saturated heterocycles. The molecule has 42 heavy (non-hydrogen) atoms. The third-order valence-corrected chi connectivity index (χ3v) is 6.37. The Kier molecular flexibility index (Phi) is 8.41. The van der Waals surface area contributed by atoms with Gasteiger partial charge < -0.3 is 24.5 Å². The lowest BCUT2D eigenvalue weighted by atomic mass is 10.0. The summed E-state index contributed by atoms with van der Waals surface area (Å²) < 4.78 is 93.6. The fraction of sp³-hybridized carbons (Fsp3) is 0.241. The zero-order chi connectivity index (χ0) is 30.8. The van der Waals surface area contributed by atoms with Gasteiger partial charge in [-0.2, -0.15) is 26.3 Å². The minimum atomic E-state index is -5.00. The lowest BCUT2D eigenvalue weighted by molar-refractivity contribution is -0.143. The number of ether oxygens (including phenoxy) is 2. The number of benzene rings is 3. The summed E-state index contributed by atoms with van der Waals surface area (Å²) in [4.78, 5) is 15.5. The largest absolute Gasteiger partial charge is 0.497 e. The topological polar surface area (TPSA) is 85.6 Å². The third kappa shape index (κ3) is 6.78. The Morgan fingerprint density at radius 1 is 0.929 bits per heavy atom. The Hall–Kier alpha value is -4.68. The van der Waals surface area contributed by atoms with Crippen LogP contribution in [0.5, 0.6) is 11.5 Å². The summed E-state index contributed by atoms with van der Waals surface area (Å²) >= 11 is 0. The van der Waals surface area contributed by atoms with Crippen molar-refractivity contribution >= 4 is 22.7 Å². The van der Waals surface area contributed by atoms with Gasteiger partial charge >= 0.3 is 18.3 Å². The molecule has 1 heterocycles. The van der Waals surface area contributed by atoms with E-state index in [-0.39, 0.29) is 37.0 Å². The number of nitrogens with zero attached hydrogens (tertiary/aromatic N) is 2. The first-order valence-corrected chi connectivity index (χ1v) is 12.4. The van der Waals surface area contributed by atoms with Gasteiger partial charge in [-0.15, -0.1) is 0 Å². The van der Waals surface area contributed by atoms with Crippen molar-refractivity contribution in [2.24, 2.45) is 0 Å². The van der Waals surface area contributed by atoms with Gasteiger partial charge in [0, 0.05) is 30.4 Å². The van der Waals surface area contributed by atoms with Crippen LogP contribution in [0.4, 0.5) is 26.3 Å². The molecule has 0 aliphatic rings. The van der Waals surface area contributed by atoms with Gasteiger partial charge in [-0.1, -0.05) is 12.6 Å². The number of carboxylic acid groups (broad SMARTS) is 1. The summed E-state index contributed by atoms with van der Waals surface area (Å²) in [5.74, 6) is 0.0112. The monoisotopic (exact) mass is 593 g/mol. The molecular weight excluding hydrogens is 568 g/mol. The van der Waals surface area contributed by atoms with Crippen molar-refractivity contribution in [2.75, 3.05) is 20.8 Å². The van der Waals surface area contributed by atoms with Gasteiger partial charge in [0.1, 0.15) is 17.3 Å². The number of methoxy groups -OCH3 is 2. The Morgan fingerprint density at radius 2 is 1.52 bits per heavy atom. The standard InChI is InChI=1S/C29H25F6N3O4/c1-16(36-7-6-26(39)40)18-4-5-25-24(12-18)37-27(19-10-22(41-2)14-23(11-19)42-3)38(25)15-17-8-20(28(30,31)32)13-21(9-17)29(33,34)35/h4-5,8-14,36H,1,6-7,15H2,2-3H3,(H,39,40). The first-order valence-electron chi connectivity index (χ1n) is 12.4. The van der Waals surface area contributed by atoms with E-state index in [1.165, 1.54) is 18.8 Å². The highest BCUT2D eigenvalue weighted by molar-refractivity contribution is 5.84. The minimum Gasteiger partial charge on any atom is -0.497 e. The molecule has 222 valence electrons. The van der Waals surface area contributed by atoms with E-state index in [9.17, 15) is 31.1 Å². The van der Waals surface area contributed by atoms with E-state index < -0.39 is 29.4 Å². The van der Waals surface area contributed by atoms with E-state index in [4.69, 9.17) is 14.6 Å². The predicted octanol–water partition coefficient (Wildman–Crippen LogP) is 6.84. The number of carbonyl (C=O) groups is 1. The van der Waals surface area contributed by atoms with Crippen LogP contribution in [0.15, 0.2) is 61.2 Å². The van der Waals surface area contributed by atoms with E-state index in [0.717, 1.165) is 0 Å². The Balaban J connectivity index is 1.88. The van der Waals surface area contributed by atoms with Gasteiger partial charge in [-0.05, 0) is 53.6 Å². The first kappa shape index (κ1) is 30.3. The van der Waals surface area contributed by atoms with Crippen LogP contribution in [-0.4, -0.2) is 41.4 Å². The zero-order valence-corrected chi connectivity index (χ0v) is 22.4. The van der Waals surface area contributed by atoms with Crippen molar-refractivity contribution in [1.29, 1.82) is 0 Å². The normalized spacial score (nSPS) is 11.9. The number of nitrogens with one attached hydrogen (secondary N) is 1. The minimum absolute atomic E-state index is 0.0819. The summed E-state index contributed by atoms with van der Waals surface area (Å²) in [5.41, 5.74) is -0.898. The molecule has 0 unspecified atom stereocenters. The van der Waals surface area contributed by atoms with Crippen molar-refractivity contribution < 1.29 is 45.7 Å². The molecule has 7 nitrogen and oxygen atoms in total. The van der Waals surface area contributed by atoms with E-state index in [1.807, 2.05) is 0 Å². The Morgan fingerprint density at radius 3 is 2.05 bits per heavy atom. The molecule has 0 aliphatic heterocycles. The van der Waals surface area contributed by atoms with Gasteiger partial charge in [0.05, 0.1) is 42.8 Å². The van der Waals surface area contributed by atoms with Crippen LogP contribution >= 0.6 is 0 Å². The van der Waals surface area contributed by atoms with Crippen LogP contribution in [-0.2, 0) is 23.7 Å². The number of hydrogen-bond donors (Lipinski definition) is 2. The second-order valence-corrected chi connectivity index (χ2v) is 9.29. The molecule has 0 atom stereocenters. The number of rotatable bonds is 10. The Labute approximate surface area is 236 Å². The lowest BCUT2D eigenvalue weighted by Gasteiger charge is -2.16. The van der Waals surface area contributed by atoms with E-state index in [0.29, 0.717) is 51.5 Å². The maximum Gasteiger partial charge on any atom is 0.416 e. The number of carboxylic acids is 1. The number of aliphatic carboxylic acids is 1. The molecule has 0 radical (unpaired) electrons. The van der Waals surface area contributed by atoms with Crippen molar-refractivity contribution in [1.82, 2.24) is 14.9 Å². The summed E-state index contributed by atoms with van der Waals surface area (Å²) in [7, 11) is 2.86. The molecule has 3 aromatic carbocycles. The van der Waals surface area contributed by atoms with Crippen LogP contribution in [0.1, 0.15) is 28.7 Å². The molecule has 0 spiro atoms. The van der Waals surface area contributed by atoms with Crippen molar-refractivity contribution in [2.45, 2.75) is 25.3 Å². The maximum atomic E-state index is 13.6. The zero-order valence-electron chi connectivity index (χ0n) is 22.4. The predicted molar refractivity (Wildman–Crippen MR) is 143 cm³/mol. The molecule has 0 aliphatic carbocycles. The fourth-order valence-corrected chi connectivity index (χ4v) is 4.35. The highest BCUT2D eigenvalue weighted by atomic mass is 19.4. The van der Waals surface area contributed by atoms with Crippen LogP contribution < -0.4 is 14.8 Å². The van der Waals surface area contributed by atoms with Crippen LogP contribution in [0, 0.1) is 0 Å². The fourth-order valence-electron chi connectivity index (χ4n) is 4.35. The van der Waals surface area contributed by atoms with Crippen molar-refractivity contribution in [3.8, 4) is 22.9 Å². The molecule has 0 saturated carbocycles. The lowest BCUT2D eigenvalue weighted by Crippen LogP contribution is -2.16. The molecular formula is C29H25F6N3O4.